The van der Waals surface area contributed by atoms with Crippen LogP contribution in [-0.4, -0.2) is 25.5 Å². The highest BCUT2D eigenvalue weighted by molar-refractivity contribution is 6.74. The summed E-state index contributed by atoms with van der Waals surface area (Å²) in [6.45, 7) is 9.95. The quantitative estimate of drug-likeness (QED) is 0.837. The number of rotatable bonds is 3. The number of hydrogen-bond acceptors (Lipinski definition) is 3. The van der Waals surface area contributed by atoms with Crippen LogP contribution in [0.25, 0.3) is 0 Å². The molecule has 106 valence electrons. The summed E-state index contributed by atoms with van der Waals surface area (Å²) in [5.41, 5.74) is -0.761. The molecule has 0 atom stereocenters. The van der Waals surface area contributed by atoms with Crippen LogP contribution in [0.2, 0.25) is 18.1 Å². The average Bonchev–Trinajstić information content (AvgIpc) is 2.12. The van der Waals surface area contributed by atoms with E-state index in [0.717, 1.165) is 12.1 Å². The van der Waals surface area contributed by atoms with Gasteiger partial charge in [-0.1, -0.05) is 20.8 Å². The molecule has 1 aromatic carbocycles. The van der Waals surface area contributed by atoms with Crippen LogP contribution < -0.4 is 9.89 Å². The summed E-state index contributed by atoms with van der Waals surface area (Å²) in [4.78, 5) is 0. The summed E-state index contributed by atoms with van der Waals surface area (Å²) < 4.78 is 33.0. The molecule has 0 heterocycles. The minimum absolute atomic E-state index is 0.0750. The van der Waals surface area contributed by atoms with Gasteiger partial charge in [0.15, 0.2) is 0 Å². The fourth-order valence-electron chi connectivity index (χ4n) is 1.31. The number of halogens is 2. The zero-order valence-electron chi connectivity index (χ0n) is 11.8. The first-order chi connectivity index (χ1) is 8.45. The first-order valence-corrected chi connectivity index (χ1v) is 8.90. The van der Waals surface area contributed by atoms with Gasteiger partial charge in [0.2, 0.25) is 8.32 Å². The first-order valence-electron chi connectivity index (χ1n) is 6.00. The van der Waals surface area contributed by atoms with Crippen molar-refractivity contribution in [1.29, 1.82) is 0 Å². The maximum absolute atomic E-state index is 13.6. The fraction of sp³-hybridized carbons (Fsp3) is 0.500. The zero-order chi connectivity index (χ0) is 15.0. The maximum atomic E-state index is 13.6. The summed E-state index contributed by atoms with van der Waals surface area (Å²) in [6, 6.07) is 1.97. The van der Waals surface area contributed by atoms with Gasteiger partial charge >= 0.3 is 7.12 Å². The highest BCUT2D eigenvalue weighted by Gasteiger charge is 2.39. The molecule has 0 aliphatic rings. The molecular formula is C12H19BF2O3Si. The van der Waals surface area contributed by atoms with E-state index in [2.05, 4.69) is 0 Å². The molecule has 0 unspecified atom stereocenters. The van der Waals surface area contributed by atoms with E-state index < -0.39 is 32.5 Å². The topological polar surface area (TPSA) is 49.7 Å². The van der Waals surface area contributed by atoms with Crippen LogP contribution in [-0.2, 0) is 0 Å². The molecule has 0 amide bonds. The van der Waals surface area contributed by atoms with Gasteiger partial charge in [-0.2, -0.15) is 0 Å². The van der Waals surface area contributed by atoms with E-state index >= 15 is 0 Å². The minimum Gasteiger partial charge on any atom is -0.543 e. The van der Waals surface area contributed by atoms with Crippen LogP contribution in [0.5, 0.6) is 5.75 Å². The Labute approximate surface area is 113 Å². The lowest BCUT2D eigenvalue weighted by Gasteiger charge is -2.36. The van der Waals surface area contributed by atoms with Crippen molar-refractivity contribution in [3.05, 3.63) is 23.8 Å². The zero-order valence-corrected chi connectivity index (χ0v) is 12.8. The molecule has 7 heteroatoms. The van der Waals surface area contributed by atoms with E-state index in [1.807, 2.05) is 33.9 Å². The fourth-order valence-corrected chi connectivity index (χ4v) is 2.33. The first kappa shape index (κ1) is 16.1. The second kappa shape index (κ2) is 5.22. The molecule has 0 aliphatic heterocycles. The molecule has 1 aromatic rings. The van der Waals surface area contributed by atoms with Crippen LogP contribution in [0.3, 0.4) is 0 Å². The molecule has 3 nitrogen and oxygen atoms in total. The standard InChI is InChI=1S/C12H19BF2O3Si/c1-12(2,3)19(4,5)18-8-6-9(14)11(13(16)17)10(15)7-8/h6-7,16-17H,1-5H3. The van der Waals surface area contributed by atoms with Gasteiger partial charge in [0.05, 0.1) is 5.46 Å². The van der Waals surface area contributed by atoms with Gasteiger partial charge in [-0.15, -0.1) is 0 Å². The molecule has 0 saturated heterocycles. The summed E-state index contributed by atoms with van der Waals surface area (Å²) in [5, 5.41) is 17.7. The van der Waals surface area contributed by atoms with Crippen molar-refractivity contribution in [2.45, 2.75) is 38.9 Å². The van der Waals surface area contributed by atoms with Gasteiger partial charge in [0, 0.05) is 12.1 Å². The molecule has 19 heavy (non-hydrogen) atoms. The van der Waals surface area contributed by atoms with Crippen molar-refractivity contribution in [3.63, 3.8) is 0 Å². The molecule has 0 aromatic heterocycles. The van der Waals surface area contributed by atoms with E-state index in [1.54, 1.807) is 0 Å². The third-order valence-corrected chi connectivity index (χ3v) is 7.85. The van der Waals surface area contributed by atoms with Gasteiger partial charge < -0.3 is 14.5 Å². The van der Waals surface area contributed by atoms with Crippen molar-refractivity contribution in [1.82, 2.24) is 0 Å². The summed E-state index contributed by atoms with van der Waals surface area (Å²) in [7, 11) is -4.37. The van der Waals surface area contributed by atoms with Crippen LogP contribution in [0.15, 0.2) is 12.1 Å². The predicted molar refractivity (Wildman–Crippen MR) is 74.0 cm³/mol. The van der Waals surface area contributed by atoms with Gasteiger partial charge in [-0.3, -0.25) is 0 Å². The van der Waals surface area contributed by atoms with Gasteiger partial charge in [-0.25, -0.2) is 8.78 Å². The molecule has 0 bridgehead atoms. The smallest absolute Gasteiger partial charge is 0.494 e. The molecule has 0 aliphatic carbocycles. The van der Waals surface area contributed by atoms with Crippen molar-refractivity contribution in [3.8, 4) is 5.75 Å². The SMILES string of the molecule is CC(C)(C)[Si](C)(C)Oc1cc(F)c(B(O)O)c(F)c1. The largest absolute Gasteiger partial charge is 0.543 e. The third kappa shape index (κ3) is 3.55. The monoisotopic (exact) mass is 288 g/mol. The van der Waals surface area contributed by atoms with E-state index in [-0.39, 0.29) is 10.8 Å². The van der Waals surface area contributed by atoms with Crippen molar-refractivity contribution in [2.24, 2.45) is 0 Å². The van der Waals surface area contributed by atoms with E-state index in [4.69, 9.17) is 14.5 Å². The third-order valence-electron chi connectivity index (χ3n) is 3.49. The molecule has 1 rings (SSSR count). The second-order valence-electron chi connectivity index (χ2n) is 6.04. The summed E-state index contributed by atoms with van der Waals surface area (Å²) in [6.07, 6.45) is 0. The lowest BCUT2D eigenvalue weighted by atomic mass is 9.79. The van der Waals surface area contributed by atoms with E-state index in [0.29, 0.717) is 0 Å². The van der Waals surface area contributed by atoms with Crippen molar-refractivity contribution in [2.75, 3.05) is 0 Å². The van der Waals surface area contributed by atoms with Crippen LogP contribution >= 0.6 is 0 Å². The van der Waals surface area contributed by atoms with Gasteiger partial charge in [0.25, 0.3) is 0 Å². The van der Waals surface area contributed by atoms with Crippen LogP contribution in [0.1, 0.15) is 20.8 Å². The lowest BCUT2D eigenvalue weighted by Crippen LogP contribution is -2.44. The van der Waals surface area contributed by atoms with Crippen LogP contribution in [0.4, 0.5) is 8.78 Å². The van der Waals surface area contributed by atoms with E-state index in [9.17, 15) is 8.78 Å². The summed E-state index contributed by atoms with van der Waals surface area (Å²) >= 11 is 0. The highest BCUT2D eigenvalue weighted by atomic mass is 28.4. The Balaban J connectivity index is 3.12. The minimum atomic E-state index is -2.19. The Morgan fingerprint density at radius 3 is 1.84 bits per heavy atom. The lowest BCUT2D eigenvalue weighted by molar-refractivity contribution is 0.418. The van der Waals surface area contributed by atoms with Crippen molar-refractivity contribution >= 4 is 20.9 Å². The van der Waals surface area contributed by atoms with E-state index in [1.165, 1.54) is 0 Å². The summed E-state index contributed by atoms with van der Waals surface area (Å²) in [5.74, 6) is -1.97. The normalized spacial score (nSPS) is 12.5. The molecule has 2 N–H and O–H groups in total. The Hall–Kier alpha value is -0.918. The van der Waals surface area contributed by atoms with Gasteiger partial charge in [0.1, 0.15) is 17.4 Å². The molecule has 0 fully saturated rings. The predicted octanol–water partition coefficient (Wildman–Crippen LogP) is 2.03. The Kier molecular flexibility index (Phi) is 4.44. The molecule has 0 spiro atoms. The molecular weight excluding hydrogens is 269 g/mol. The molecule has 0 saturated carbocycles. The Morgan fingerprint density at radius 2 is 1.53 bits per heavy atom. The molecule has 0 radical (unpaired) electrons. The maximum Gasteiger partial charge on any atom is 0.494 e. The van der Waals surface area contributed by atoms with Gasteiger partial charge in [-0.05, 0) is 18.1 Å². The number of hydrogen-bond donors (Lipinski definition) is 2. The average molecular weight is 288 g/mol. The Bertz CT molecular complexity index is 450. The highest BCUT2D eigenvalue weighted by Crippen LogP contribution is 2.37. The second-order valence-corrected chi connectivity index (χ2v) is 10.8. The Morgan fingerprint density at radius 1 is 1.11 bits per heavy atom. The number of benzene rings is 1. The van der Waals surface area contributed by atoms with Crippen molar-refractivity contribution < 1.29 is 23.3 Å². The van der Waals surface area contributed by atoms with Crippen LogP contribution in [0, 0.1) is 11.6 Å².